The van der Waals surface area contributed by atoms with Gasteiger partial charge in [-0.1, -0.05) is 6.92 Å². The zero-order chi connectivity index (χ0) is 22.7. The monoisotopic (exact) mass is 544 g/mol. The second-order valence-electron chi connectivity index (χ2n) is 8.79. The van der Waals surface area contributed by atoms with Gasteiger partial charge in [0.25, 0.3) is 0 Å². The van der Waals surface area contributed by atoms with Crippen LogP contribution >= 0.6 is 31.9 Å². The molecule has 9 heteroatoms. The van der Waals surface area contributed by atoms with Crippen molar-refractivity contribution in [2.45, 2.75) is 53.1 Å². The van der Waals surface area contributed by atoms with E-state index in [4.69, 9.17) is 4.74 Å². The van der Waals surface area contributed by atoms with Crippen LogP contribution in [0.25, 0.3) is 0 Å². The molecule has 30 heavy (non-hydrogen) atoms. The normalized spacial score (nSPS) is 17.8. The fourth-order valence-electron chi connectivity index (χ4n) is 3.43. The van der Waals surface area contributed by atoms with Gasteiger partial charge in [-0.15, -0.1) is 0 Å². The van der Waals surface area contributed by atoms with Crippen molar-refractivity contribution in [2.75, 3.05) is 18.5 Å². The average molecular weight is 546 g/mol. The molecule has 1 atom stereocenters. The largest absolute Gasteiger partial charge is 0.444 e. The molecule has 1 aliphatic heterocycles. The van der Waals surface area contributed by atoms with E-state index in [0.29, 0.717) is 46.3 Å². The smallest absolute Gasteiger partial charge is 0.410 e. The van der Waals surface area contributed by atoms with Gasteiger partial charge in [0, 0.05) is 22.0 Å². The molecule has 1 heterocycles. The zero-order valence-corrected chi connectivity index (χ0v) is 21.0. The van der Waals surface area contributed by atoms with Crippen LogP contribution < -0.4 is 5.43 Å². The summed E-state index contributed by atoms with van der Waals surface area (Å²) in [7, 11) is 0. The predicted octanol–water partition coefficient (Wildman–Crippen LogP) is 6.32. The molecule has 0 aromatic heterocycles. The number of benzene rings is 1. The van der Waals surface area contributed by atoms with E-state index in [1.165, 1.54) is 12.1 Å². The lowest BCUT2D eigenvalue weighted by atomic mass is 9.69. The highest BCUT2D eigenvalue weighted by Gasteiger charge is 2.41. The number of amides is 1. The van der Waals surface area contributed by atoms with E-state index in [9.17, 15) is 14.4 Å². The maximum atomic E-state index is 13.5. The number of hydrazone groups is 1. The molecular weight excluding hydrogens is 519 g/mol. The summed E-state index contributed by atoms with van der Waals surface area (Å²) >= 11 is 6.63. The second kappa shape index (κ2) is 9.65. The van der Waals surface area contributed by atoms with E-state index >= 15 is 0 Å². The van der Waals surface area contributed by atoms with Gasteiger partial charge in [-0.2, -0.15) is 10.4 Å². The highest BCUT2D eigenvalue weighted by atomic mass is 79.9. The Bertz CT molecular complexity index is 846. The van der Waals surface area contributed by atoms with Crippen LogP contribution in [0.3, 0.4) is 0 Å². The number of halogens is 3. The predicted molar refractivity (Wildman–Crippen MR) is 123 cm³/mol. The van der Waals surface area contributed by atoms with Crippen molar-refractivity contribution in [3.8, 4) is 6.07 Å². The minimum atomic E-state index is -0.537. The number of carbonyl (C=O) groups is 1. The van der Waals surface area contributed by atoms with Crippen molar-refractivity contribution in [1.82, 2.24) is 4.90 Å². The van der Waals surface area contributed by atoms with Crippen molar-refractivity contribution < 1.29 is 13.9 Å². The molecule has 1 amide bonds. The summed E-state index contributed by atoms with van der Waals surface area (Å²) in [6.45, 7) is 10.4. The minimum Gasteiger partial charge on any atom is -0.444 e. The number of nitrogens with zero attached hydrogens (tertiary/aromatic N) is 3. The Morgan fingerprint density at radius 1 is 1.33 bits per heavy atom. The molecule has 1 aliphatic rings. The number of nitriles is 1. The molecule has 0 spiro atoms. The molecule has 0 radical (unpaired) electrons. The Morgan fingerprint density at radius 3 is 2.33 bits per heavy atom. The van der Waals surface area contributed by atoms with E-state index in [2.05, 4.69) is 55.4 Å². The lowest BCUT2D eigenvalue weighted by molar-refractivity contribution is 0.0102. The Kier molecular flexibility index (Phi) is 7.91. The van der Waals surface area contributed by atoms with E-state index in [0.717, 1.165) is 0 Å². The first-order chi connectivity index (χ1) is 13.9. The fraction of sp³-hybridized carbons (Fsp3) is 0.571. The second-order valence-corrected chi connectivity index (χ2v) is 10.5. The topological polar surface area (TPSA) is 77.7 Å². The molecule has 0 saturated carbocycles. The van der Waals surface area contributed by atoms with Crippen molar-refractivity contribution in [1.29, 1.82) is 5.26 Å². The number of likely N-dealkylation sites (tertiary alicyclic amines) is 1. The molecular formula is C21H27Br2FN4O2. The summed E-state index contributed by atoms with van der Waals surface area (Å²) in [5.41, 5.74) is 3.28. The van der Waals surface area contributed by atoms with Crippen molar-refractivity contribution >= 4 is 49.4 Å². The fourth-order valence-corrected chi connectivity index (χ4v) is 4.73. The Balaban J connectivity index is 2.09. The summed E-state index contributed by atoms with van der Waals surface area (Å²) in [5.74, 6) is -0.803. The van der Waals surface area contributed by atoms with E-state index in [1.54, 1.807) is 11.8 Å². The summed E-state index contributed by atoms with van der Waals surface area (Å²) in [6.07, 6.45) is 1.01. The van der Waals surface area contributed by atoms with Gasteiger partial charge in [-0.25, -0.2) is 9.18 Å². The lowest BCUT2D eigenvalue weighted by Gasteiger charge is -2.42. The van der Waals surface area contributed by atoms with Gasteiger partial charge in [0.15, 0.2) is 0 Å². The molecule has 1 aromatic rings. The molecule has 2 rings (SSSR count). The Labute approximate surface area is 194 Å². The van der Waals surface area contributed by atoms with Gasteiger partial charge in [-0.05, 0) is 89.9 Å². The van der Waals surface area contributed by atoms with E-state index in [1.807, 2.05) is 20.8 Å². The van der Waals surface area contributed by atoms with Crippen molar-refractivity contribution in [3.05, 3.63) is 26.9 Å². The summed E-state index contributed by atoms with van der Waals surface area (Å²) < 4.78 is 20.0. The van der Waals surface area contributed by atoms with Crippen molar-refractivity contribution in [2.24, 2.45) is 16.4 Å². The molecule has 1 saturated heterocycles. The number of rotatable bonds is 4. The first kappa shape index (κ1) is 24.6. The number of ether oxygens (including phenoxy) is 1. The highest BCUT2D eigenvalue weighted by molar-refractivity contribution is 9.11. The third-order valence-corrected chi connectivity index (χ3v) is 6.40. The van der Waals surface area contributed by atoms with Gasteiger partial charge in [0.2, 0.25) is 0 Å². The number of piperidine rings is 1. The molecule has 0 bridgehead atoms. The molecule has 6 nitrogen and oxygen atoms in total. The Hall–Kier alpha value is -1.66. The highest BCUT2D eigenvalue weighted by Crippen LogP contribution is 2.40. The minimum absolute atomic E-state index is 0.320. The van der Waals surface area contributed by atoms with Crippen LogP contribution in [0, 0.1) is 28.5 Å². The molecule has 1 fully saturated rings. The van der Waals surface area contributed by atoms with Crippen LogP contribution in [-0.4, -0.2) is 35.4 Å². The molecule has 1 unspecified atom stereocenters. The zero-order valence-electron chi connectivity index (χ0n) is 17.9. The van der Waals surface area contributed by atoms with Crippen LogP contribution in [0.2, 0.25) is 0 Å². The lowest BCUT2D eigenvalue weighted by Crippen LogP contribution is -2.47. The van der Waals surface area contributed by atoms with Crippen LogP contribution in [0.15, 0.2) is 26.2 Å². The standard InChI is InChI=1S/C21H27Br2FN4O2/c1-13(26-27-18-16(22)10-14(24)11-17(18)23)15(12-25)21(5)6-8-28(9-7-21)19(29)30-20(2,3)4/h10-11,15,27H,6-9H2,1-5H3. The van der Waals surface area contributed by atoms with E-state index in [-0.39, 0.29) is 17.3 Å². The number of nitrogens with one attached hydrogen (secondary N) is 1. The number of hydrogen-bond donors (Lipinski definition) is 1. The third-order valence-electron chi connectivity index (χ3n) is 5.15. The molecule has 1 aromatic carbocycles. The van der Waals surface area contributed by atoms with Gasteiger partial charge in [-0.3, -0.25) is 5.43 Å². The number of hydrogen-bond acceptors (Lipinski definition) is 5. The third kappa shape index (κ3) is 6.17. The summed E-state index contributed by atoms with van der Waals surface area (Å²) in [6, 6.07) is 5.06. The number of carbonyl (C=O) groups excluding carboxylic acids is 1. The van der Waals surface area contributed by atoms with Gasteiger partial charge >= 0.3 is 6.09 Å². The van der Waals surface area contributed by atoms with Crippen LogP contribution in [-0.2, 0) is 4.74 Å². The first-order valence-electron chi connectivity index (χ1n) is 9.68. The maximum absolute atomic E-state index is 13.5. The quantitative estimate of drug-likeness (QED) is 0.355. The number of anilines is 1. The van der Waals surface area contributed by atoms with Crippen LogP contribution in [0.1, 0.15) is 47.5 Å². The Morgan fingerprint density at radius 2 is 1.87 bits per heavy atom. The molecule has 0 aliphatic carbocycles. The average Bonchev–Trinajstić information content (AvgIpc) is 2.60. The molecule has 164 valence electrons. The SMILES string of the molecule is CC(=NNc1c(Br)cc(F)cc1Br)C(C#N)C1(C)CCN(C(=O)OC(C)(C)C)CC1. The summed E-state index contributed by atoms with van der Waals surface area (Å²) in [4.78, 5) is 14.0. The van der Waals surface area contributed by atoms with Crippen LogP contribution in [0.4, 0.5) is 14.9 Å². The molecule has 1 N–H and O–H groups in total. The van der Waals surface area contributed by atoms with Crippen molar-refractivity contribution in [3.63, 3.8) is 0 Å². The maximum Gasteiger partial charge on any atom is 0.410 e. The summed E-state index contributed by atoms with van der Waals surface area (Å²) in [5, 5.41) is 14.2. The van der Waals surface area contributed by atoms with Gasteiger partial charge in [0.05, 0.1) is 23.4 Å². The van der Waals surface area contributed by atoms with E-state index < -0.39 is 11.5 Å². The van der Waals surface area contributed by atoms with Crippen LogP contribution in [0.5, 0.6) is 0 Å². The first-order valence-corrected chi connectivity index (χ1v) is 11.3. The van der Waals surface area contributed by atoms with Gasteiger partial charge < -0.3 is 9.64 Å². The van der Waals surface area contributed by atoms with Gasteiger partial charge in [0.1, 0.15) is 11.4 Å².